The van der Waals surface area contributed by atoms with E-state index >= 15 is 0 Å². The Kier molecular flexibility index (Phi) is 7.41. The Bertz CT molecular complexity index is 982. The van der Waals surface area contributed by atoms with Gasteiger partial charge in [-0.2, -0.15) is 0 Å². The van der Waals surface area contributed by atoms with Gasteiger partial charge in [-0.15, -0.1) is 0 Å². The number of carbonyl (C=O) groups is 4. The molecule has 0 unspecified atom stereocenters. The van der Waals surface area contributed by atoms with Crippen LogP contribution in [0.4, 0.5) is 0 Å². The molecule has 8 nitrogen and oxygen atoms in total. The third kappa shape index (κ3) is 6.39. The maximum atomic E-state index is 12.4. The highest BCUT2D eigenvalue weighted by Crippen LogP contribution is 2.14. The monoisotopic (exact) mass is 487 g/mol. The maximum absolute atomic E-state index is 12.4. The van der Waals surface area contributed by atoms with Gasteiger partial charge in [-0.3, -0.25) is 14.4 Å². The first-order chi connectivity index (χ1) is 14.8. The van der Waals surface area contributed by atoms with Crippen LogP contribution in [-0.4, -0.2) is 46.9 Å². The highest BCUT2D eigenvalue weighted by atomic mass is 79.9. The summed E-state index contributed by atoms with van der Waals surface area (Å²) in [6.45, 7) is 0. The fourth-order valence-electron chi connectivity index (χ4n) is 3.35. The summed E-state index contributed by atoms with van der Waals surface area (Å²) in [5.74, 6) is -2.68. The van der Waals surface area contributed by atoms with Crippen LogP contribution in [0.2, 0.25) is 0 Å². The highest BCUT2D eigenvalue weighted by molar-refractivity contribution is 9.10. The van der Waals surface area contributed by atoms with Crippen molar-refractivity contribution >= 4 is 39.6 Å². The molecule has 9 heteroatoms. The number of carboxylic acids is 1. The minimum atomic E-state index is -1.19. The molecule has 0 aromatic heterocycles. The Morgan fingerprint density at radius 1 is 0.968 bits per heavy atom. The van der Waals surface area contributed by atoms with E-state index < -0.39 is 35.9 Å². The Morgan fingerprint density at radius 3 is 2.29 bits per heavy atom. The molecule has 0 aliphatic carbocycles. The van der Waals surface area contributed by atoms with E-state index in [9.17, 15) is 24.3 Å². The number of halogens is 1. The zero-order valence-electron chi connectivity index (χ0n) is 16.5. The largest absolute Gasteiger partial charge is 0.480 e. The molecule has 31 heavy (non-hydrogen) atoms. The second kappa shape index (κ2) is 10.2. The zero-order chi connectivity index (χ0) is 22.4. The molecule has 3 rings (SSSR count). The van der Waals surface area contributed by atoms with E-state index in [0.717, 1.165) is 15.6 Å². The van der Waals surface area contributed by atoms with Crippen LogP contribution in [0, 0.1) is 0 Å². The molecular weight excluding hydrogens is 466 g/mol. The predicted octanol–water partition coefficient (Wildman–Crippen LogP) is 1.18. The summed E-state index contributed by atoms with van der Waals surface area (Å²) in [6, 6.07) is 13.4. The minimum absolute atomic E-state index is 0.0862. The number of rotatable bonds is 8. The second-order valence-electron chi connectivity index (χ2n) is 7.31. The van der Waals surface area contributed by atoms with E-state index in [-0.39, 0.29) is 18.7 Å². The number of carboxylic acid groups (broad SMARTS) is 1. The number of piperazine rings is 1. The molecule has 162 valence electrons. The van der Waals surface area contributed by atoms with E-state index in [1.165, 1.54) is 0 Å². The third-order valence-corrected chi connectivity index (χ3v) is 5.39. The number of aliphatic carboxylic acids is 1. The van der Waals surface area contributed by atoms with Crippen molar-refractivity contribution in [3.8, 4) is 0 Å². The zero-order valence-corrected chi connectivity index (χ0v) is 18.1. The topological polar surface area (TPSA) is 125 Å². The molecule has 2 aromatic rings. The Balaban J connectivity index is 1.56. The predicted molar refractivity (Wildman–Crippen MR) is 116 cm³/mol. The average Bonchev–Trinajstić information content (AvgIpc) is 2.72. The lowest BCUT2D eigenvalue weighted by atomic mass is 10.0. The van der Waals surface area contributed by atoms with Crippen LogP contribution in [0.25, 0.3) is 0 Å². The molecule has 1 fully saturated rings. The molecule has 0 spiro atoms. The Hall–Kier alpha value is -3.20. The van der Waals surface area contributed by atoms with Gasteiger partial charge in [-0.25, -0.2) is 4.79 Å². The van der Waals surface area contributed by atoms with Crippen LogP contribution in [-0.2, 0) is 32.0 Å². The summed E-state index contributed by atoms with van der Waals surface area (Å²) in [7, 11) is 0. The van der Waals surface area contributed by atoms with Gasteiger partial charge in [0, 0.05) is 17.3 Å². The molecule has 1 aliphatic rings. The van der Waals surface area contributed by atoms with Gasteiger partial charge in [0.05, 0.1) is 6.42 Å². The van der Waals surface area contributed by atoms with Crippen LogP contribution in [0.1, 0.15) is 17.5 Å². The van der Waals surface area contributed by atoms with Crippen molar-refractivity contribution in [2.75, 3.05) is 0 Å². The first-order valence-corrected chi connectivity index (χ1v) is 10.5. The summed E-state index contributed by atoms with van der Waals surface area (Å²) in [6.07, 6.45) is 0.0752. The average molecular weight is 488 g/mol. The first-order valence-electron chi connectivity index (χ1n) is 9.73. The van der Waals surface area contributed by atoms with Gasteiger partial charge in [-0.05, 0) is 23.3 Å². The molecule has 0 bridgehead atoms. The smallest absolute Gasteiger partial charge is 0.326 e. The number of amides is 3. The summed E-state index contributed by atoms with van der Waals surface area (Å²) in [5.41, 5.74) is 1.63. The quantitative estimate of drug-likeness (QED) is 0.444. The Labute approximate surface area is 187 Å². The lowest BCUT2D eigenvalue weighted by molar-refractivity contribution is -0.142. The number of carbonyl (C=O) groups excluding carboxylic acids is 3. The van der Waals surface area contributed by atoms with Crippen molar-refractivity contribution in [3.63, 3.8) is 0 Å². The molecule has 4 N–H and O–H groups in total. The van der Waals surface area contributed by atoms with Crippen LogP contribution in [0.3, 0.4) is 0 Å². The summed E-state index contributed by atoms with van der Waals surface area (Å²) < 4.78 is 0.798. The molecular formula is C22H22BrN3O5. The molecule has 0 radical (unpaired) electrons. The van der Waals surface area contributed by atoms with Crippen molar-refractivity contribution in [2.24, 2.45) is 0 Å². The fraction of sp³-hybridized carbons (Fsp3) is 0.273. The van der Waals surface area contributed by atoms with Crippen molar-refractivity contribution in [2.45, 2.75) is 37.4 Å². The van der Waals surface area contributed by atoms with Gasteiger partial charge in [0.25, 0.3) is 0 Å². The SMILES string of the molecule is O=C(C[C@@H]1NC(=O)[C@H](Cc2ccccc2)NC1=O)N[C@H](Cc1cccc(Br)c1)C(=O)O. The van der Waals surface area contributed by atoms with Crippen LogP contribution in [0.5, 0.6) is 0 Å². The molecule has 3 atom stereocenters. The van der Waals surface area contributed by atoms with Gasteiger partial charge < -0.3 is 21.1 Å². The van der Waals surface area contributed by atoms with E-state index in [4.69, 9.17) is 0 Å². The molecule has 1 heterocycles. The third-order valence-electron chi connectivity index (χ3n) is 4.90. The number of hydrogen-bond donors (Lipinski definition) is 4. The van der Waals surface area contributed by atoms with Crippen LogP contribution >= 0.6 is 15.9 Å². The van der Waals surface area contributed by atoms with E-state index in [2.05, 4.69) is 31.9 Å². The summed E-state index contributed by atoms with van der Waals surface area (Å²) in [5, 5.41) is 17.1. The first kappa shape index (κ1) is 22.5. The van der Waals surface area contributed by atoms with Crippen molar-refractivity contribution in [1.82, 2.24) is 16.0 Å². The van der Waals surface area contributed by atoms with Gasteiger partial charge in [-0.1, -0.05) is 58.4 Å². The van der Waals surface area contributed by atoms with E-state index in [1.54, 1.807) is 18.2 Å². The number of nitrogens with one attached hydrogen (secondary N) is 3. The van der Waals surface area contributed by atoms with Gasteiger partial charge in [0.2, 0.25) is 17.7 Å². The number of hydrogen-bond acceptors (Lipinski definition) is 4. The molecule has 1 aliphatic heterocycles. The summed E-state index contributed by atoms with van der Waals surface area (Å²) in [4.78, 5) is 48.7. The van der Waals surface area contributed by atoms with Gasteiger partial charge in [0.1, 0.15) is 18.1 Å². The van der Waals surface area contributed by atoms with Crippen LogP contribution < -0.4 is 16.0 Å². The van der Waals surface area contributed by atoms with E-state index in [1.807, 2.05) is 36.4 Å². The molecule has 2 aromatic carbocycles. The highest BCUT2D eigenvalue weighted by Gasteiger charge is 2.35. The fourth-order valence-corrected chi connectivity index (χ4v) is 3.80. The van der Waals surface area contributed by atoms with Gasteiger partial charge in [0.15, 0.2) is 0 Å². The normalized spacial score (nSPS) is 19.1. The number of benzene rings is 2. The lowest BCUT2D eigenvalue weighted by Gasteiger charge is -2.29. The van der Waals surface area contributed by atoms with E-state index in [0.29, 0.717) is 6.42 Å². The van der Waals surface area contributed by atoms with Crippen molar-refractivity contribution in [1.29, 1.82) is 0 Å². The van der Waals surface area contributed by atoms with Crippen molar-refractivity contribution < 1.29 is 24.3 Å². The van der Waals surface area contributed by atoms with Crippen LogP contribution in [0.15, 0.2) is 59.1 Å². The second-order valence-corrected chi connectivity index (χ2v) is 8.22. The molecule has 1 saturated heterocycles. The Morgan fingerprint density at radius 2 is 1.61 bits per heavy atom. The maximum Gasteiger partial charge on any atom is 0.326 e. The van der Waals surface area contributed by atoms with Gasteiger partial charge >= 0.3 is 5.97 Å². The lowest BCUT2D eigenvalue weighted by Crippen LogP contribution is -2.63. The molecule has 3 amide bonds. The standard InChI is InChI=1S/C22H22BrN3O5/c23-15-8-4-7-14(9-15)11-18(22(30)31)24-19(27)12-17-21(29)25-16(20(28)26-17)10-13-5-2-1-3-6-13/h1-9,16-18H,10-12H2,(H,24,27)(H,25,29)(H,26,28)(H,30,31)/t16-,17-,18+/m0/s1. The van der Waals surface area contributed by atoms with Crippen molar-refractivity contribution in [3.05, 3.63) is 70.2 Å². The summed E-state index contributed by atoms with van der Waals surface area (Å²) >= 11 is 3.32. The minimum Gasteiger partial charge on any atom is -0.480 e. The molecule has 0 saturated carbocycles.